The number of anilines is 1. The normalized spacial score (nSPS) is 15.7. The Bertz CT molecular complexity index is 962. The molecule has 0 aliphatic carbocycles. The van der Waals surface area contributed by atoms with Gasteiger partial charge in [0.05, 0.1) is 6.61 Å². The Morgan fingerprint density at radius 3 is 2.37 bits per heavy atom. The number of nitrogens with one attached hydrogen (secondary N) is 1. The third-order valence-electron chi connectivity index (χ3n) is 5.95. The Labute approximate surface area is 181 Å². The average Bonchev–Trinajstić information content (AvgIpc) is 3.09. The van der Waals surface area contributed by atoms with Crippen molar-refractivity contribution in [2.24, 2.45) is 5.41 Å². The first-order valence-corrected chi connectivity index (χ1v) is 10.9. The summed E-state index contributed by atoms with van der Waals surface area (Å²) < 4.78 is 6.18. The highest BCUT2D eigenvalue weighted by Crippen LogP contribution is 2.47. The summed E-state index contributed by atoms with van der Waals surface area (Å²) in [4.78, 5) is 12.7. The van der Waals surface area contributed by atoms with Crippen LogP contribution in [0.15, 0.2) is 30.8 Å². The zero-order chi connectivity index (χ0) is 22.2. The number of hydrogen-bond acceptors (Lipinski definition) is 2. The molecule has 0 saturated carbocycles. The van der Waals surface area contributed by atoms with Gasteiger partial charge < -0.3 is 10.1 Å². The number of benzene rings is 2. The lowest BCUT2D eigenvalue weighted by Gasteiger charge is -2.22. The van der Waals surface area contributed by atoms with Crippen LogP contribution in [0.5, 0.6) is 5.75 Å². The predicted molar refractivity (Wildman–Crippen MR) is 127 cm³/mol. The third kappa shape index (κ3) is 4.30. The van der Waals surface area contributed by atoms with Crippen LogP contribution in [0.2, 0.25) is 0 Å². The summed E-state index contributed by atoms with van der Waals surface area (Å²) in [5, 5.41) is 3.19. The molecule has 30 heavy (non-hydrogen) atoms. The van der Waals surface area contributed by atoms with Crippen molar-refractivity contribution in [3.05, 3.63) is 64.2 Å². The SMILES string of the molecule is C=Cc1c(C)c(NC(=O)CC(C)(C)C)c(C)c2c1OCC2c1ccc(C(C)C)cc1. The molecular formula is C27H35NO2. The van der Waals surface area contributed by atoms with Crippen LogP contribution in [0.3, 0.4) is 0 Å². The van der Waals surface area contributed by atoms with Gasteiger partial charge in [0.25, 0.3) is 0 Å². The largest absolute Gasteiger partial charge is 0.492 e. The molecule has 1 atom stereocenters. The molecule has 3 nitrogen and oxygen atoms in total. The van der Waals surface area contributed by atoms with Crippen molar-refractivity contribution in [1.82, 2.24) is 0 Å². The molecular weight excluding hydrogens is 370 g/mol. The van der Waals surface area contributed by atoms with E-state index in [-0.39, 0.29) is 17.2 Å². The van der Waals surface area contributed by atoms with Crippen molar-refractivity contribution in [2.45, 2.75) is 66.7 Å². The molecule has 1 amide bonds. The summed E-state index contributed by atoms with van der Waals surface area (Å²) in [5.41, 5.74) is 7.65. The van der Waals surface area contributed by atoms with Crippen LogP contribution in [-0.4, -0.2) is 12.5 Å². The second-order valence-corrected chi connectivity index (χ2v) is 9.96. The first-order chi connectivity index (χ1) is 14.0. The first-order valence-electron chi connectivity index (χ1n) is 10.9. The first kappa shape index (κ1) is 22.1. The summed E-state index contributed by atoms with van der Waals surface area (Å²) >= 11 is 0. The van der Waals surface area contributed by atoms with Crippen molar-refractivity contribution in [3.63, 3.8) is 0 Å². The molecule has 0 spiro atoms. The van der Waals surface area contributed by atoms with Crippen molar-refractivity contribution in [1.29, 1.82) is 0 Å². The smallest absolute Gasteiger partial charge is 0.224 e. The molecule has 1 heterocycles. The Balaban J connectivity index is 2.06. The van der Waals surface area contributed by atoms with Gasteiger partial charge in [-0.2, -0.15) is 0 Å². The minimum absolute atomic E-state index is 0.0420. The lowest BCUT2D eigenvalue weighted by Crippen LogP contribution is -2.21. The Morgan fingerprint density at radius 1 is 1.20 bits per heavy atom. The number of ether oxygens (including phenoxy) is 1. The molecule has 1 unspecified atom stereocenters. The zero-order valence-electron chi connectivity index (χ0n) is 19.5. The summed E-state index contributed by atoms with van der Waals surface area (Å²) in [6.07, 6.45) is 2.32. The van der Waals surface area contributed by atoms with Crippen LogP contribution in [0.25, 0.3) is 6.08 Å². The van der Waals surface area contributed by atoms with Gasteiger partial charge >= 0.3 is 0 Å². The molecule has 160 valence electrons. The van der Waals surface area contributed by atoms with E-state index >= 15 is 0 Å². The molecule has 1 aliphatic rings. The quantitative estimate of drug-likeness (QED) is 0.583. The molecule has 1 N–H and O–H groups in total. The maximum Gasteiger partial charge on any atom is 0.224 e. The minimum Gasteiger partial charge on any atom is -0.492 e. The van der Waals surface area contributed by atoms with Gasteiger partial charge in [-0.3, -0.25) is 4.79 Å². The lowest BCUT2D eigenvalue weighted by molar-refractivity contribution is -0.117. The van der Waals surface area contributed by atoms with Gasteiger partial charge in [0, 0.05) is 29.2 Å². The van der Waals surface area contributed by atoms with Crippen molar-refractivity contribution in [2.75, 3.05) is 11.9 Å². The van der Waals surface area contributed by atoms with E-state index in [1.807, 2.05) is 13.0 Å². The Kier molecular flexibility index (Phi) is 6.12. The summed E-state index contributed by atoms with van der Waals surface area (Å²) in [5.74, 6) is 1.61. The summed E-state index contributed by atoms with van der Waals surface area (Å²) in [7, 11) is 0. The molecule has 3 heteroatoms. The van der Waals surface area contributed by atoms with E-state index in [2.05, 4.69) is 77.7 Å². The van der Waals surface area contributed by atoms with Crippen molar-refractivity contribution in [3.8, 4) is 5.75 Å². The summed E-state index contributed by atoms with van der Waals surface area (Å²) in [6.45, 7) is 19.4. The van der Waals surface area contributed by atoms with Gasteiger partial charge in [-0.05, 0) is 47.4 Å². The lowest BCUT2D eigenvalue weighted by atomic mass is 9.85. The molecule has 0 saturated heterocycles. The zero-order valence-corrected chi connectivity index (χ0v) is 19.5. The third-order valence-corrected chi connectivity index (χ3v) is 5.95. The van der Waals surface area contributed by atoms with Crippen LogP contribution in [0, 0.1) is 19.3 Å². The Morgan fingerprint density at radius 2 is 1.83 bits per heavy atom. The van der Waals surface area contributed by atoms with Gasteiger partial charge in [-0.1, -0.05) is 71.5 Å². The number of hydrogen-bond donors (Lipinski definition) is 1. The number of fused-ring (bicyclic) bond motifs is 1. The standard InChI is InChI=1S/C27H35NO2/c1-9-21-17(4)25(28-23(29)14-27(6,7)8)18(5)24-22(15-30-26(21)24)20-12-10-19(11-13-20)16(2)3/h9-13,16,22H,1,14-15H2,2-8H3,(H,28,29). The predicted octanol–water partition coefficient (Wildman–Crippen LogP) is 6.97. The van der Waals surface area contributed by atoms with E-state index < -0.39 is 0 Å². The molecule has 2 aromatic carbocycles. The number of amides is 1. The van der Waals surface area contributed by atoms with Crippen LogP contribution in [0.1, 0.15) is 86.3 Å². The average molecular weight is 406 g/mol. The highest BCUT2D eigenvalue weighted by molar-refractivity contribution is 5.94. The number of carbonyl (C=O) groups excluding carboxylic acids is 1. The van der Waals surface area contributed by atoms with E-state index in [0.29, 0.717) is 18.9 Å². The Hall–Kier alpha value is -2.55. The molecule has 3 rings (SSSR count). The minimum atomic E-state index is -0.0618. The summed E-state index contributed by atoms with van der Waals surface area (Å²) in [6, 6.07) is 8.84. The van der Waals surface area contributed by atoms with Crippen LogP contribution in [0.4, 0.5) is 5.69 Å². The fraction of sp³-hybridized carbons (Fsp3) is 0.444. The second kappa shape index (κ2) is 8.29. The van der Waals surface area contributed by atoms with Gasteiger partial charge in [0.2, 0.25) is 5.91 Å². The highest BCUT2D eigenvalue weighted by atomic mass is 16.5. The number of rotatable bonds is 5. The second-order valence-electron chi connectivity index (χ2n) is 9.96. The fourth-order valence-corrected chi connectivity index (χ4v) is 4.34. The van der Waals surface area contributed by atoms with Crippen molar-refractivity contribution >= 4 is 17.7 Å². The van der Waals surface area contributed by atoms with Gasteiger partial charge in [-0.25, -0.2) is 0 Å². The van der Waals surface area contributed by atoms with Gasteiger partial charge in [-0.15, -0.1) is 0 Å². The maximum atomic E-state index is 12.7. The molecule has 2 aromatic rings. The van der Waals surface area contributed by atoms with Crippen LogP contribution >= 0.6 is 0 Å². The van der Waals surface area contributed by atoms with Gasteiger partial charge in [0.1, 0.15) is 5.75 Å². The topological polar surface area (TPSA) is 38.3 Å². The highest BCUT2D eigenvalue weighted by Gasteiger charge is 2.32. The van der Waals surface area contributed by atoms with Crippen molar-refractivity contribution < 1.29 is 9.53 Å². The molecule has 0 radical (unpaired) electrons. The van der Waals surface area contributed by atoms with Crippen LogP contribution < -0.4 is 10.1 Å². The van der Waals surface area contributed by atoms with E-state index in [1.54, 1.807) is 0 Å². The monoisotopic (exact) mass is 405 g/mol. The van der Waals surface area contributed by atoms with Gasteiger partial charge in [0.15, 0.2) is 0 Å². The molecule has 0 aromatic heterocycles. The van der Waals surface area contributed by atoms with Crippen LogP contribution in [-0.2, 0) is 4.79 Å². The molecule has 1 aliphatic heterocycles. The van der Waals surface area contributed by atoms with E-state index in [1.165, 1.54) is 16.7 Å². The molecule has 0 bridgehead atoms. The van der Waals surface area contributed by atoms with E-state index in [4.69, 9.17) is 4.74 Å². The fourth-order valence-electron chi connectivity index (χ4n) is 4.34. The van der Waals surface area contributed by atoms with E-state index in [0.717, 1.165) is 28.1 Å². The molecule has 0 fully saturated rings. The number of carbonyl (C=O) groups is 1. The maximum absolute atomic E-state index is 12.7. The van der Waals surface area contributed by atoms with E-state index in [9.17, 15) is 4.79 Å².